The van der Waals surface area contributed by atoms with E-state index in [1.807, 2.05) is 6.92 Å². The fraction of sp³-hybridized carbons (Fsp3) is 0.926. The molecule has 1 aliphatic heterocycles. The molecule has 5 N–H and O–H groups in total. The number of ether oxygens (including phenoxy) is 2. The molecule has 1 heterocycles. The number of fused-ring (bicyclic) bond motifs is 5. The largest absolute Gasteiger partial charge is 0.393 e. The monoisotopic (exact) mass is 480 g/mol. The average molecular weight is 481 g/mol. The van der Waals surface area contributed by atoms with Crippen LogP contribution in [0, 0.1) is 28.6 Å². The quantitative estimate of drug-likeness (QED) is 0.393. The van der Waals surface area contributed by atoms with Crippen LogP contribution in [0.15, 0.2) is 11.6 Å². The van der Waals surface area contributed by atoms with E-state index in [-0.39, 0.29) is 35.7 Å². The lowest BCUT2D eigenvalue weighted by Crippen LogP contribution is -2.66. The number of aliphatic hydroxyl groups excluding tert-OH is 4. The first-order chi connectivity index (χ1) is 15.9. The predicted molar refractivity (Wildman–Crippen MR) is 126 cm³/mol. The van der Waals surface area contributed by atoms with Crippen molar-refractivity contribution in [3.63, 3.8) is 0 Å². The first-order valence-corrected chi connectivity index (χ1v) is 13.4. The SMILES string of the molecule is CC(O)[C@H]1CC[C@@]2(O)[C@@H]3CC=C4CC(O[C@H]5C[C@H](O)[C@H](O)[C@@H](C)O5)CC[C@]4(C)[C@H]3CC(O)[C@]12C. The van der Waals surface area contributed by atoms with Gasteiger partial charge in [-0.15, -0.1) is 0 Å². The van der Waals surface area contributed by atoms with Crippen LogP contribution >= 0.6 is 0 Å². The maximum Gasteiger partial charge on any atom is 0.161 e. The van der Waals surface area contributed by atoms with E-state index in [0.29, 0.717) is 12.8 Å². The fourth-order valence-corrected chi connectivity index (χ4v) is 8.83. The second-order valence-corrected chi connectivity index (χ2v) is 12.5. The van der Waals surface area contributed by atoms with Crippen molar-refractivity contribution in [1.82, 2.24) is 0 Å². The van der Waals surface area contributed by atoms with E-state index in [9.17, 15) is 25.5 Å². The van der Waals surface area contributed by atoms with Crippen LogP contribution in [0.4, 0.5) is 0 Å². The smallest absolute Gasteiger partial charge is 0.161 e. The number of aliphatic hydroxyl groups is 5. The highest BCUT2D eigenvalue weighted by atomic mass is 16.7. The summed E-state index contributed by atoms with van der Waals surface area (Å²) in [5.74, 6) is 0.176. The summed E-state index contributed by atoms with van der Waals surface area (Å²) in [5, 5.41) is 54.1. The molecule has 0 aromatic rings. The van der Waals surface area contributed by atoms with Gasteiger partial charge < -0.3 is 35.0 Å². The molecule has 3 saturated carbocycles. The molecule has 0 bridgehead atoms. The van der Waals surface area contributed by atoms with Crippen molar-refractivity contribution in [2.45, 2.75) is 128 Å². The van der Waals surface area contributed by atoms with Crippen molar-refractivity contribution >= 4 is 0 Å². The zero-order chi connectivity index (χ0) is 24.6. The van der Waals surface area contributed by atoms with Gasteiger partial charge in [0.1, 0.15) is 6.10 Å². The third-order valence-electron chi connectivity index (χ3n) is 11.0. The van der Waals surface area contributed by atoms with Crippen LogP contribution in [0.3, 0.4) is 0 Å². The highest BCUT2D eigenvalue weighted by Gasteiger charge is 2.70. The van der Waals surface area contributed by atoms with Crippen LogP contribution in [0.25, 0.3) is 0 Å². The number of rotatable bonds is 3. The van der Waals surface area contributed by atoms with Crippen LogP contribution in [-0.2, 0) is 9.47 Å². The van der Waals surface area contributed by atoms with Crippen LogP contribution in [-0.4, -0.2) is 74.0 Å². The minimum Gasteiger partial charge on any atom is -0.393 e. The van der Waals surface area contributed by atoms with Gasteiger partial charge >= 0.3 is 0 Å². The Balaban J connectivity index is 1.34. The highest BCUT2D eigenvalue weighted by molar-refractivity contribution is 5.29. The molecule has 7 nitrogen and oxygen atoms in total. The van der Waals surface area contributed by atoms with Gasteiger partial charge in [-0.05, 0) is 82.0 Å². The molecule has 1 saturated heterocycles. The first-order valence-electron chi connectivity index (χ1n) is 13.4. The maximum atomic E-state index is 12.1. The van der Waals surface area contributed by atoms with Crippen LogP contribution in [0.5, 0.6) is 0 Å². The van der Waals surface area contributed by atoms with Gasteiger partial charge in [0.25, 0.3) is 0 Å². The van der Waals surface area contributed by atoms with Gasteiger partial charge in [-0.3, -0.25) is 0 Å². The van der Waals surface area contributed by atoms with Crippen molar-refractivity contribution in [2.24, 2.45) is 28.6 Å². The molecule has 0 aromatic heterocycles. The lowest BCUT2D eigenvalue weighted by Gasteiger charge is -2.63. The van der Waals surface area contributed by atoms with Crippen molar-refractivity contribution in [3.8, 4) is 0 Å². The normalized spacial score (nSPS) is 56.1. The molecule has 194 valence electrons. The summed E-state index contributed by atoms with van der Waals surface area (Å²) in [7, 11) is 0. The van der Waals surface area contributed by atoms with Gasteiger partial charge in [-0.2, -0.15) is 0 Å². The molecule has 5 aliphatic rings. The third kappa shape index (κ3) is 3.49. The summed E-state index contributed by atoms with van der Waals surface area (Å²) in [6, 6.07) is 0. The molecule has 3 unspecified atom stereocenters. The second-order valence-electron chi connectivity index (χ2n) is 12.5. The van der Waals surface area contributed by atoms with Crippen LogP contribution in [0.1, 0.15) is 79.1 Å². The van der Waals surface area contributed by atoms with Gasteiger partial charge in [-0.25, -0.2) is 0 Å². The molecule has 13 atom stereocenters. The second kappa shape index (κ2) is 8.51. The fourth-order valence-electron chi connectivity index (χ4n) is 8.83. The standard InChI is InChI=1S/C27H44O7/c1-14(28)18-8-10-27(32)19-6-5-16-11-17(34-23-13-21(29)24(31)15(2)33-23)7-9-25(16,3)20(19)12-22(30)26(18,27)4/h5,14-15,17-24,28-32H,6-13H2,1-4H3/t14?,15-,17?,18-,19-,20+,21+,22?,23+,24-,25+,26+,27-/m1/s1. The molecule has 4 aliphatic carbocycles. The molecule has 0 spiro atoms. The average Bonchev–Trinajstić information content (AvgIpc) is 3.06. The summed E-state index contributed by atoms with van der Waals surface area (Å²) < 4.78 is 12.1. The molecule has 34 heavy (non-hydrogen) atoms. The highest BCUT2D eigenvalue weighted by Crippen LogP contribution is 2.68. The molecular weight excluding hydrogens is 436 g/mol. The Morgan fingerprint density at radius 1 is 1.09 bits per heavy atom. The summed E-state index contributed by atoms with van der Waals surface area (Å²) in [5.41, 5.74) is -0.414. The minimum absolute atomic E-state index is 0.0107. The molecule has 4 fully saturated rings. The lowest BCUT2D eigenvalue weighted by atomic mass is 9.45. The van der Waals surface area contributed by atoms with Crippen molar-refractivity contribution in [2.75, 3.05) is 0 Å². The first kappa shape index (κ1) is 25.1. The Labute approximate surface area is 203 Å². The Morgan fingerprint density at radius 3 is 2.50 bits per heavy atom. The molecule has 0 radical (unpaired) electrons. The van der Waals surface area contributed by atoms with Crippen LogP contribution in [0.2, 0.25) is 0 Å². The van der Waals surface area contributed by atoms with Crippen molar-refractivity contribution < 1.29 is 35.0 Å². The lowest BCUT2D eigenvalue weighted by molar-refractivity contribution is -0.264. The summed E-state index contributed by atoms with van der Waals surface area (Å²) >= 11 is 0. The van der Waals surface area contributed by atoms with Crippen molar-refractivity contribution in [1.29, 1.82) is 0 Å². The molecule has 5 rings (SSSR count). The van der Waals surface area contributed by atoms with Gasteiger partial charge in [-0.1, -0.05) is 25.5 Å². The maximum absolute atomic E-state index is 12.1. The zero-order valence-electron chi connectivity index (χ0n) is 21.1. The minimum atomic E-state index is -0.974. The third-order valence-corrected chi connectivity index (χ3v) is 11.0. The van der Waals surface area contributed by atoms with Gasteiger partial charge in [0.15, 0.2) is 6.29 Å². The van der Waals surface area contributed by atoms with Crippen molar-refractivity contribution in [3.05, 3.63) is 11.6 Å². The molecular formula is C27H44O7. The number of hydrogen-bond donors (Lipinski definition) is 5. The predicted octanol–water partition coefficient (Wildman–Crippen LogP) is 2.27. The van der Waals surface area contributed by atoms with E-state index in [2.05, 4.69) is 13.0 Å². The molecule has 0 aromatic carbocycles. The van der Waals surface area contributed by atoms with Gasteiger partial charge in [0, 0.05) is 11.8 Å². The van der Waals surface area contributed by atoms with E-state index in [0.717, 1.165) is 32.1 Å². The molecule has 7 heteroatoms. The van der Waals surface area contributed by atoms with E-state index < -0.39 is 47.8 Å². The summed E-state index contributed by atoms with van der Waals surface area (Å²) in [6.45, 7) is 7.84. The van der Waals surface area contributed by atoms with E-state index in [1.165, 1.54) is 5.57 Å². The van der Waals surface area contributed by atoms with E-state index in [4.69, 9.17) is 9.47 Å². The van der Waals surface area contributed by atoms with Gasteiger partial charge in [0.05, 0.1) is 36.1 Å². The Kier molecular flexibility index (Phi) is 6.28. The zero-order valence-corrected chi connectivity index (χ0v) is 21.1. The molecule has 0 amide bonds. The topological polar surface area (TPSA) is 120 Å². The number of hydrogen-bond acceptors (Lipinski definition) is 7. The Hall–Kier alpha value is -0.540. The Morgan fingerprint density at radius 2 is 1.82 bits per heavy atom. The summed E-state index contributed by atoms with van der Waals surface area (Å²) in [4.78, 5) is 0. The van der Waals surface area contributed by atoms with Gasteiger partial charge in [0.2, 0.25) is 0 Å². The van der Waals surface area contributed by atoms with E-state index in [1.54, 1.807) is 13.8 Å². The Bertz CT molecular complexity index is 803. The number of allylic oxidation sites excluding steroid dienone is 1. The summed E-state index contributed by atoms with van der Waals surface area (Å²) in [6.07, 6.45) is 4.04. The van der Waals surface area contributed by atoms with E-state index >= 15 is 0 Å². The van der Waals surface area contributed by atoms with Crippen LogP contribution < -0.4 is 0 Å².